The molecule has 1 heterocycles. The van der Waals surface area contributed by atoms with Crippen molar-refractivity contribution in [1.29, 1.82) is 0 Å². The standard InChI is InChI=1S/C18H21NO2S/c1-21-16-6-4-14(5-7-16)17(20)19-13-18(9-2-3-10-18)15-8-11-22-12-15/h4-8,11-12H,2-3,9-10,13H2,1H3,(H,19,20). The Hall–Kier alpha value is -1.81. The van der Waals surface area contributed by atoms with E-state index in [4.69, 9.17) is 4.74 Å². The van der Waals surface area contributed by atoms with Gasteiger partial charge in [-0.3, -0.25) is 4.79 Å². The zero-order chi connectivity index (χ0) is 15.4. The van der Waals surface area contributed by atoms with Gasteiger partial charge in [0.1, 0.15) is 5.75 Å². The minimum atomic E-state index is -0.0100. The predicted molar refractivity (Wildman–Crippen MR) is 89.8 cm³/mol. The Morgan fingerprint density at radius 1 is 1.23 bits per heavy atom. The van der Waals surface area contributed by atoms with Crippen LogP contribution in [0.15, 0.2) is 41.1 Å². The molecule has 0 radical (unpaired) electrons. The summed E-state index contributed by atoms with van der Waals surface area (Å²) >= 11 is 1.73. The predicted octanol–water partition coefficient (Wildman–Crippen LogP) is 4.00. The van der Waals surface area contributed by atoms with Gasteiger partial charge in [0.25, 0.3) is 5.91 Å². The third-order valence-electron chi connectivity index (χ3n) is 4.63. The highest BCUT2D eigenvalue weighted by Crippen LogP contribution is 2.41. The minimum absolute atomic E-state index is 0.0100. The number of amides is 1. The SMILES string of the molecule is COc1ccc(C(=O)NCC2(c3ccsc3)CCCC2)cc1. The maximum Gasteiger partial charge on any atom is 0.251 e. The lowest BCUT2D eigenvalue weighted by Crippen LogP contribution is -2.38. The first-order valence-corrected chi connectivity index (χ1v) is 8.63. The summed E-state index contributed by atoms with van der Waals surface area (Å²) < 4.78 is 5.12. The van der Waals surface area contributed by atoms with Crippen LogP contribution < -0.4 is 10.1 Å². The molecule has 0 unspecified atom stereocenters. The normalized spacial score (nSPS) is 16.4. The fourth-order valence-corrected chi connectivity index (χ4v) is 4.06. The highest BCUT2D eigenvalue weighted by molar-refractivity contribution is 7.08. The van der Waals surface area contributed by atoms with Crippen molar-refractivity contribution in [2.24, 2.45) is 0 Å². The Kier molecular flexibility index (Phi) is 4.48. The number of rotatable bonds is 5. The number of methoxy groups -OCH3 is 1. The van der Waals surface area contributed by atoms with Crippen LogP contribution in [0.1, 0.15) is 41.6 Å². The third-order valence-corrected chi connectivity index (χ3v) is 5.32. The van der Waals surface area contributed by atoms with E-state index in [2.05, 4.69) is 22.1 Å². The molecule has 1 aliphatic rings. The van der Waals surface area contributed by atoms with Gasteiger partial charge in [0.15, 0.2) is 0 Å². The molecule has 1 N–H and O–H groups in total. The topological polar surface area (TPSA) is 38.3 Å². The Balaban J connectivity index is 1.68. The van der Waals surface area contributed by atoms with Gasteiger partial charge >= 0.3 is 0 Å². The number of hydrogen-bond acceptors (Lipinski definition) is 3. The summed E-state index contributed by atoms with van der Waals surface area (Å²) in [5.74, 6) is 0.756. The molecule has 1 fully saturated rings. The largest absolute Gasteiger partial charge is 0.497 e. The highest BCUT2D eigenvalue weighted by atomic mass is 32.1. The van der Waals surface area contributed by atoms with Crippen molar-refractivity contribution < 1.29 is 9.53 Å². The number of benzene rings is 1. The smallest absolute Gasteiger partial charge is 0.251 e. The summed E-state index contributed by atoms with van der Waals surface area (Å²) in [6.45, 7) is 0.717. The molecule has 2 aromatic rings. The van der Waals surface area contributed by atoms with E-state index < -0.39 is 0 Å². The van der Waals surface area contributed by atoms with Crippen molar-refractivity contribution in [2.75, 3.05) is 13.7 Å². The van der Waals surface area contributed by atoms with Gasteiger partial charge in [-0.15, -0.1) is 0 Å². The van der Waals surface area contributed by atoms with Gasteiger partial charge in [0.2, 0.25) is 0 Å². The molecule has 3 nitrogen and oxygen atoms in total. The molecule has 1 aromatic heterocycles. The lowest BCUT2D eigenvalue weighted by Gasteiger charge is -2.28. The monoisotopic (exact) mass is 315 g/mol. The lowest BCUT2D eigenvalue weighted by atomic mass is 9.80. The van der Waals surface area contributed by atoms with Gasteiger partial charge in [-0.25, -0.2) is 0 Å². The summed E-state index contributed by atoms with van der Waals surface area (Å²) in [4.78, 5) is 12.4. The van der Waals surface area contributed by atoms with Crippen molar-refractivity contribution in [1.82, 2.24) is 5.32 Å². The fourth-order valence-electron chi connectivity index (χ4n) is 3.28. The molecule has 1 amide bonds. The molecule has 0 bridgehead atoms. The highest BCUT2D eigenvalue weighted by Gasteiger charge is 2.36. The van der Waals surface area contributed by atoms with Crippen molar-refractivity contribution in [2.45, 2.75) is 31.1 Å². The summed E-state index contributed by atoms with van der Waals surface area (Å²) in [7, 11) is 1.62. The number of carbonyl (C=O) groups is 1. The quantitative estimate of drug-likeness (QED) is 0.905. The summed E-state index contributed by atoms with van der Waals surface area (Å²) in [5.41, 5.74) is 2.19. The second-order valence-corrected chi connectivity index (χ2v) is 6.69. The van der Waals surface area contributed by atoms with E-state index in [1.807, 2.05) is 12.1 Å². The average Bonchev–Trinajstić information content (AvgIpc) is 3.24. The van der Waals surface area contributed by atoms with Crippen molar-refractivity contribution in [3.63, 3.8) is 0 Å². The second-order valence-electron chi connectivity index (χ2n) is 5.91. The molecular formula is C18H21NO2S. The molecule has 0 atom stereocenters. The number of thiophene rings is 1. The molecule has 0 aliphatic heterocycles. The maximum absolute atomic E-state index is 12.4. The van der Waals surface area contributed by atoms with Crippen LogP contribution in [0, 0.1) is 0 Å². The molecular weight excluding hydrogens is 294 g/mol. The van der Waals surface area contributed by atoms with Crippen molar-refractivity contribution in [3.05, 3.63) is 52.2 Å². The fraction of sp³-hybridized carbons (Fsp3) is 0.389. The average molecular weight is 315 g/mol. The Labute approximate surface area is 135 Å². The van der Waals surface area contributed by atoms with Crippen LogP contribution in [-0.2, 0) is 5.41 Å². The summed E-state index contributed by atoms with van der Waals surface area (Å²) in [6, 6.07) is 9.45. The Morgan fingerprint density at radius 2 is 1.95 bits per heavy atom. The zero-order valence-electron chi connectivity index (χ0n) is 12.8. The minimum Gasteiger partial charge on any atom is -0.497 e. The second kappa shape index (κ2) is 6.53. The van der Waals surface area contributed by atoms with Crippen LogP contribution in [0.2, 0.25) is 0 Å². The van der Waals surface area contributed by atoms with Crippen molar-refractivity contribution in [3.8, 4) is 5.75 Å². The first-order valence-electron chi connectivity index (χ1n) is 7.68. The summed E-state index contributed by atoms with van der Waals surface area (Å²) in [6.07, 6.45) is 4.81. The first kappa shape index (κ1) is 15.1. The van der Waals surface area contributed by atoms with Gasteiger partial charge in [0.05, 0.1) is 7.11 Å². The van der Waals surface area contributed by atoms with Crippen LogP contribution in [0.5, 0.6) is 5.75 Å². The van der Waals surface area contributed by atoms with E-state index in [1.54, 1.807) is 30.6 Å². The van der Waals surface area contributed by atoms with Crippen molar-refractivity contribution >= 4 is 17.2 Å². The molecule has 0 spiro atoms. The number of hydrogen-bond donors (Lipinski definition) is 1. The molecule has 1 aliphatic carbocycles. The molecule has 1 saturated carbocycles. The maximum atomic E-state index is 12.4. The molecule has 3 rings (SSSR count). The van der Waals surface area contributed by atoms with E-state index >= 15 is 0 Å². The van der Waals surface area contributed by atoms with Crippen LogP contribution in [0.4, 0.5) is 0 Å². The van der Waals surface area contributed by atoms with E-state index in [-0.39, 0.29) is 11.3 Å². The van der Waals surface area contributed by atoms with Gasteiger partial charge in [0, 0.05) is 17.5 Å². The first-order chi connectivity index (χ1) is 10.7. The van der Waals surface area contributed by atoms with E-state index in [9.17, 15) is 4.79 Å². The number of nitrogens with one attached hydrogen (secondary N) is 1. The van der Waals surface area contributed by atoms with Crippen LogP contribution in [-0.4, -0.2) is 19.6 Å². The Morgan fingerprint density at radius 3 is 2.55 bits per heavy atom. The van der Waals surface area contributed by atoms with Gasteiger partial charge in [-0.1, -0.05) is 12.8 Å². The molecule has 116 valence electrons. The van der Waals surface area contributed by atoms with Gasteiger partial charge in [-0.05, 0) is 59.5 Å². The molecule has 1 aromatic carbocycles. The van der Waals surface area contributed by atoms with Gasteiger partial charge in [-0.2, -0.15) is 11.3 Å². The number of carbonyl (C=O) groups excluding carboxylic acids is 1. The van der Waals surface area contributed by atoms with E-state index in [0.29, 0.717) is 12.1 Å². The van der Waals surface area contributed by atoms with Crippen LogP contribution in [0.25, 0.3) is 0 Å². The molecule has 0 saturated heterocycles. The van der Waals surface area contributed by atoms with E-state index in [1.165, 1.54) is 18.4 Å². The van der Waals surface area contributed by atoms with E-state index in [0.717, 1.165) is 18.6 Å². The van der Waals surface area contributed by atoms with Crippen LogP contribution in [0.3, 0.4) is 0 Å². The summed E-state index contributed by atoms with van der Waals surface area (Å²) in [5, 5.41) is 7.49. The zero-order valence-corrected chi connectivity index (χ0v) is 13.6. The molecule has 22 heavy (non-hydrogen) atoms. The van der Waals surface area contributed by atoms with Crippen LogP contribution >= 0.6 is 11.3 Å². The number of ether oxygens (including phenoxy) is 1. The molecule has 4 heteroatoms. The Bertz CT molecular complexity index is 613. The third kappa shape index (κ3) is 3.02. The lowest BCUT2D eigenvalue weighted by molar-refractivity contribution is 0.0943. The van der Waals surface area contributed by atoms with Gasteiger partial charge < -0.3 is 10.1 Å².